The van der Waals surface area contributed by atoms with Gasteiger partial charge in [-0.3, -0.25) is 4.79 Å². The third kappa shape index (κ3) is 5.01. The molecule has 0 radical (unpaired) electrons. The number of rotatable bonds is 8. The molecule has 1 aromatic rings. The maximum Gasteiger partial charge on any atom is 0.221 e. The lowest BCUT2D eigenvalue weighted by Gasteiger charge is -2.10. The van der Waals surface area contributed by atoms with E-state index in [1.807, 2.05) is 12.1 Å². The van der Waals surface area contributed by atoms with Gasteiger partial charge in [-0.25, -0.2) is 0 Å². The highest BCUT2D eigenvalue weighted by molar-refractivity contribution is 5.76. The molecular weight excluding hydrogens is 240 g/mol. The highest BCUT2D eigenvalue weighted by Crippen LogP contribution is 2.18. The molecule has 2 rings (SSSR count). The molecule has 0 saturated heterocycles. The van der Waals surface area contributed by atoms with Crippen LogP contribution < -0.4 is 10.6 Å². The first kappa shape index (κ1) is 14.0. The van der Waals surface area contributed by atoms with Crippen molar-refractivity contribution in [3.05, 3.63) is 35.4 Å². The molecule has 1 fully saturated rings. The topological polar surface area (TPSA) is 50.4 Å². The first-order chi connectivity index (χ1) is 9.29. The van der Waals surface area contributed by atoms with Crippen LogP contribution in [0.3, 0.4) is 0 Å². The number of hydrogen-bond donors (Lipinski definition) is 2. The molecule has 1 aliphatic rings. The van der Waals surface area contributed by atoms with Gasteiger partial charge < -0.3 is 15.4 Å². The Bertz CT molecular complexity index is 416. The lowest BCUT2D eigenvalue weighted by molar-refractivity contribution is -0.121. The van der Waals surface area contributed by atoms with Gasteiger partial charge in [-0.2, -0.15) is 0 Å². The van der Waals surface area contributed by atoms with Crippen LogP contribution in [0.5, 0.6) is 0 Å². The van der Waals surface area contributed by atoms with Crippen molar-refractivity contribution >= 4 is 5.91 Å². The second-order valence-corrected chi connectivity index (χ2v) is 4.97. The van der Waals surface area contributed by atoms with Gasteiger partial charge in [0.25, 0.3) is 0 Å². The summed E-state index contributed by atoms with van der Waals surface area (Å²) in [5, 5.41) is 6.29. The summed E-state index contributed by atoms with van der Waals surface area (Å²) in [6, 6.07) is 8.65. The van der Waals surface area contributed by atoms with Gasteiger partial charge in [-0.15, -0.1) is 0 Å². The summed E-state index contributed by atoms with van der Waals surface area (Å²) < 4.78 is 5.17. The monoisotopic (exact) mass is 262 g/mol. The summed E-state index contributed by atoms with van der Waals surface area (Å²) in [5.41, 5.74) is 2.42. The lowest BCUT2D eigenvalue weighted by atomic mass is 10.1. The normalized spacial score (nSPS) is 14.4. The SMILES string of the molecule is COCc1ccccc1CNCCC(=O)NC1CC1. The Kier molecular flexibility index (Phi) is 5.36. The number of amides is 1. The van der Waals surface area contributed by atoms with E-state index in [0.717, 1.165) is 19.4 Å². The van der Waals surface area contributed by atoms with Crippen molar-refractivity contribution in [2.45, 2.75) is 38.5 Å². The van der Waals surface area contributed by atoms with Crippen molar-refractivity contribution in [3.63, 3.8) is 0 Å². The van der Waals surface area contributed by atoms with Crippen molar-refractivity contribution < 1.29 is 9.53 Å². The zero-order valence-electron chi connectivity index (χ0n) is 11.4. The Labute approximate surface area is 114 Å². The van der Waals surface area contributed by atoms with Crippen molar-refractivity contribution in [3.8, 4) is 0 Å². The van der Waals surface area contributed by atoms with E-state index in [1.54, 1.807) is 7.11 Å². The van der Waals surface area contributed by atoms with Crippen molar-refractivity contribution in [1.82, 2.24) is 10.6 Å². The van der Waals surface area contributed by atoms with Gasteiger partial charge in [-0.1, -0.05) is 24.3 Å². The molecule has 0 aromatic heterocycles. The van der Waals surface area contributed by atoms with Crippen LogP contribution in [0, 0.1) is 0 Å². The Balaban J connectivity index is 1.68. The molecule has 4 nitrogen and oxygen atoms in total. The van der Waals surface area contributed by atoms with Crippen LogP contribution in [-0.2, 0) is 22.7 Å². The zero-order valence-corrected chi connectivity index (χ0v) is 11.4. The van der Waals surface area contributed by atoms with Gasteiger partial charge in [0.1, 0.15) is 0 Å². The van der Waals surface area contributed by atoms with E-state index >= 15 is 0 Å². The predicted octanol–water partition coefficient (Wildman–Crippen LogP) is 1.59. The number of hydrogen-bond acceptors (Lipinski definition) is 3. The largest absolute Gasteiger partial charge is 0.380 e. The number of ether oxygens (including phenoxy) is 1. The standard InChI is InChI=1S/C15H22N2O2/c1-19-11-13-5-3-2-4-12(13)10-16-9-8-15(18)17-14-6-7-14/h2-5,14,16H,6-11H2,1H3,(H,17,18). The smallest absolute Gasteiger partial charge is 0.221 e. The average Bonchev–Trinajstić information content (AvgIpc) is 3.21. The molecule has 19 heavy (non-hydrogen) atoms. The van der Waals surface area contributed by atoms with Gasteiger partial charge in [0.2, 0.25) is 5.91 Å². The van der Waals surface area contributed by atoms with Gasteiger partial charge in [0, 0.05) is 32.7 Å². The number of nitrogens with one attached hydrogen (secondary N) is 2. The van der Waals surface area contributed by atoms with Crippen molar-refractivity contribution in [2.75, 3.05) is 13.7 Å². The molecule has 2 N–H and O–H groups in total. The third-order valence-corrected chi connectivity index (χ3v) is 3.20. The summed E-state index contributed by atoms with van der Waals surface area (Å²) in [7, 11) is 1.70. The average molecular weight is 262 g/mol. The molecule has 0 spiro atoms. The van der Waals surface area contributed by atoms with Crippen molar-refractivity contribution in [2.24, 2.45) is 0 Å². The molecule has 0 unspecified atom stereocenters. The maximum atomic E-state index is 11.5. The number of carbonyl (C=O) groups is 1. The zero-order chi connectivity index (χ0) is 13.5. The van der Waals surface area contributed by atoms with E-state index in [2.05, 4.69) is 22.8 Å². The van der Waals surface area contributed by atoms with Crippen LogP contribution in [0.15, 0.2) is 24.3 Å². The molecular formula is C15H22N2O2. The van der Waals surface area contributed by atoms with Gasteiger partial charge in [-0.05, 0) is 24.0 Å². The Morgan fingerprint density at radius 3 is 2.74 bits per heavy atom. The molecule has 0 heterocycles. The lowest BCUT2D eigenvalue weighted by Crippen LogP contribution is -2.29. The minimum atomic E-state index is 0.153. The Morgan fingerprint density at radius 1 is 1.32 bits per heavy atom. The van der Waals surface area contributed by atoms with Gasteiger partial charge in [0.15, 0.2) is 0 Å². The van der Waals surface area contributed by atoms with Gasteiger partial charge in [0.05, 0.1) is 6.61 Å². The fourth-order valence-electron chi connectivity index (χ4n) is 1.98. The first-order valence-electron chi connectivity index (χ1n) is 6.85. The Morgan fingerprint density at radius 2 is 2.05 bits per heavy atom. The summed E-state index contributed by atoms with van der Waals surface area (Å²) in [6.45, 7) is 2.11. The second kappa shape index (κ2) is 7.26. The molecule has 1 aromatic carbocycles. The van der Waals surface area contributed by atoms with E-state index < -0.39 is 0 Å². The number of methoxy groups -OCH3 is 1. The molecule has 0 atom stereocenters. The molecule has 4 heteroatoms. The first-order valence-corrected chi connectivity index (χ1v) is 6.85. The van der Waals surface area contributed by atoms with E-state index in [1.165, 1.54) is 11.1 Å². The molecule has 1 aliphatic carbocycles. The predicted molar refractivity (Wildman–Crippen MR) is 74.6 cm³/mol. The fourth-order valence-corrected chi connectivity index (χ4v) is 1.98. The molecule has 0 aliphatic heterocycles. The van der Waals surface area contributed by atoms with Crippen LogP contribution in [0.1, 0.15) is 30.4 Å². The molecule has 0 bridgehead atoms. The quantitative estimate of drug-likeness (QED) is 0.700. The minimum absolute atomic E-state index is 0.153. The van der Waals surface area contributed by atoms with Crippen LogP contribution in [0.2, 0.25) is 0 Å². The highest BCUT2D eigenvalue weighted by Gasteiger charge is 2.22. The van der Waals surface area contributed by atoms with Crippen LogP contribution in [0.25, 0.3) is 0 Å². The summed E-state index contributed by atoms with van der Waals surface area (Å²) in [6.07, 6.45) is 2.83. The van der Waals surface area contributed by atoms with E-state index in [9.17, 15) is 4.79 Å². The number of carbonyl (C=O) groups excluding carboxylic acids is 1. The third-order valence-electron chi connectivity index (χ3n) is 3.20. The van der Waals surface area contributed by atoms with E-state index in [0.29, 0.717) is 25.6 Å². The molecule has 1 saturated carbocycles. The van der Waals surface area contributed by atoms with Gasteiger partial charge >= 0.3 is 0 Å². The molecule has 1 amide bonds. The van der Waals surface area contributed by atoms with E-state index in [-0.39, 0.29) is 5.91 Å². The highest BCUT2D eigenvalue weighted by atomic mass is 16.5. The van der Waals surface area contributed by atoms with Crippen LogP contribution >= 0.6 is 0 Å². The maximum absolute atomic E-state index is 11.5. The fraction of sp³-hybridized carbons (Fsp3) is 0.533. The Hall–Kier alpha value is -1.39. The summed E-state index contributed by atoms with van der Waals surface area (Å²) in [4.78, 5) is 11.5. The van der Waals surface area contributed by atoms with Crippen molar-refractivity contribution in [1.29, 1.82) is 0 Å². The minimum Gasteiger partial charge on any atom is -0.380 e. The number of benzene rings is 1. The summed E-state index contributed by atoms with van der Waals surface area (Å²) in [5.74, 6) is 0.153. The van der Waals surface area contributed by atoms with E-state index in [4.69, 9.17) is 4.74 Å². The molecule has 104 valence electrons. The van der Waals surface area contributed by atoms with Crippen LogP contribution in [0.4, 0.5) is 0 Å². The second-order valence-electron chi connectivity index (χ2n) is 4.97. The summed E-state index contributed by atoms with van der Waals surface area (Å²) >= 11 is 0. The van der Waals surface area contributed by atoms with Crippen LogP contribution in [-0.4, -0.2) is 25.6 Å².